The zero-order valence-electron chi connectivity index (χ0n) is 11.4. The lowest BCUT2D eigenvalue weighted by Crippen LogP contribution is -2.27. The van der Waals surface area contributed by atoms with Crippen LogP contribution in [0, 0.1) is 0 Å². The Bertz CT molecular complexity index is 546. The molecular formula is C14H19N5. The van der Waals surface area contributed by atoms with Gasteiger partial charge in [0.2, 0.25) is 0 Å². The van der Waals surface area contributed by atoms with Crippen LogP contribution < -0.4 is 16.6 Å². The minimum atomic E-state index is -0.0752. The Hall–Kier alpha value is -2.14. The fourth-order valence-corrected chi connectivity index (χ4v) is 1.69. The first-order valence-corrected chi connectivity index (χ1v) is 6.17. The van der Waals surface area contributed by atoms with Crippen molar-refractivity contribution in [2.45, 2.75) is 26.3 Å². The smallest absolute Gasteiger partial charge is 0.163 e. The number of nitrogens with two attached hydrogens (primary N) is 1. The number of rotatable bonds is 3. The van der Waals surface area contributed by atoms with Gasteiger partial charge in [0.1, 0.15) is 11.6 Å². The van der Waals surface area contributed by atoms with Gasteiger partial charge < -0.3 is 10.7 Å². The second-order valence-corrected chi connectivity index (χ2v) is 5.35. The summed E-state index contributed by atoms with van der Waals surface area (Å²) >= 11 is 0. The summed E-state index contributed by atoms with van der Waals surface area (Å²) < 4.78 is 0. The van der Waals surface area contributed by atoms with Crippen molar-refractivity contribution in [2.75, 3.05) is 10.7 Å². The Kier molecular flexibility index (Phi) is 3.66. The molecule has 0 bridgehead atoms. The summed E-state index contributed by atoms with van der Waals surface area (Å²) in [6.07, 6.45) is 0. The molecule has 1 aromatic heterocycles. The van der Waals surface area contributed by atoms with Gasteiger partial charge in [0.15, 0.2) is 5.82 Å². The second kappa shape index (κ2) is 5.24. The lowest BCUT2D eigenvalue weighted by molar-refractivity contribution is 0.630. The van der Waals surface area contributed by atoms with Gasteiger partial charge in [-0.1, -0.05) is 30.3 Å². The maximum atomic E-state index is 5.46. The van der Waals surface area contributed by atoms with Gasteiger partial charge in [-0.25, -0.2) is 15.8 Å². The van der Waals surface area contributed by atoms with Crippen LogP contribution in [-0.4, -0.2) is 15.5 Å². The van der Waals surface area contributed by atoms with Gasteiger partial charge >= 0.3 is 0 Å². The third-order valence-electron chi connectivity index (χ3n) is 2.41. The molecule has 0 aliphatic heterocycles. The molecule has 0 fully saturated rings. The SMILES string of the molecule is CC(C)(C)Nc1cc(NN)nc(-c2ccccc2)n1. The van der Waals surface area contributed by atoms with Crippen molar-refractivity contribution in [2.24, 2.45) is 5.84 Å². The van der Waals surface area contributed by atoms with Gasteiger partial charge in [0, 0.05) is 17.2 Å². The average Bonchev–Trinajstić information content (AvgIpc) is 2.37. The maximum absolute atomic E-state index is 5.46. The minimum Gasteiger partial charge on any atom is -0.365 e. The molecule has 0 saturated heterocycles. The molecule has 2 rings (SSSR count). The summed E-state index contributed by atoms with van der Waals surface area (Å²) in [5.74, 6) is 7.43. The number of nitrogens with zero attached hydrogens (tertiary/aromatic N) is 2. The third kappa shape index (κ3) is 3.66. The van der Waals surface area contributed by atoms with Gasteiger partial charge in [-0.2, -0.15) is 0 Å². The molecule has 19 heavy (non-hydrogen) atoms. The number of anilines is 2. The molecule has 100 valence electrons. The highest BCUT2D eigenvalue weighted by molar-refractivity contribution is 5.61. The normalized spacial score (nSPS) is 11.2. The number of nitrogens with one attached hydrogen (secondary N) is 2. The van der Waals surface area contributed by atoms with E-state index in [0.717, 1.165) is 11.4 Å². The van der Waals surface area contributed by atoms with E-state index in [2.05, 4.69) is 41.5 Å². The first kappa shape index (κ1) is 13.3. The zero-order valence-corrected chi connectivity index (χ0v) is 11.4. The van der Waals surface area contributed by atoms with Gasteiger partial charge in [-0.05, 0) is 20.8 Å². The number of hydrogen-bond acceptors (Lipinski definition) is 5. The molecule has 0 aliphatic rings. The minimum absolute atomic E-state index is 0.0752. The Morgan fingerprint density at radius 1 is 1.00 bits per heavy atom. The van der Waals surface area contributed by atoms with E-state index < -0.39 is 0 Å². The van der Waals surface area contributed by atoms with Crippen LogP contribution in [0.5, 0.6) is 0 Å². The summed E-state index contributed by atoms with van der Waals surface area (Å²) in [5.41, 5.74) is 3.45. The molecule has 0 radical (unpaired) electrons. The van der Waals surface area contributed by atoms with E-state index in [1.807, 2.05) is 30.3 Å². The molecule has 0 unspecified atom stereocenters. The lowest BCUT2D eigenvalue weighted by atomic mass is 10.1. The molecule has 0 spiro atoms. The molecule has 0 atom stereocenters. The summed E-state index contributed by atoms with van der Waals surface area (Å²) in [7, 11) is 0. The Labute approximate surface area is 113 Å². The molecule has 5 heteroatoms. The van der Waals surface area contributed by atoms with Crippen molar-refractivity contribution < 1.29 is 0 Å². The first-order chi connectivity index (χ1) is 8.98. The van der Waals surface area contributed by atoms with E-state index in [0.29, 0.717) is 11.6 Å². The van der Waals surface area contributed by atoms with E-state index in [9.17, 15) is 0 Å². The fraction of sp³-hybridized carbons (Fsp3) is 0.286. The summed E-state index contributed by atoms with van der Waals surface area (Å²) in [4.78, 5) is 8.88. The van der Waals surface area contributed by atoms with Crippen molar-refractivity contribution >= 4 is 11.6 Å². The zero-order chi connectivity index (χ0) is 13.9. The van der Waals surface area contributed by atoms with Crippen molar-refractivity contribution in [1.29, 1.82) is 0 Å². The van der Waals surface area contributed by atoms with E-state index in [-0.39, 0.29) is 5.54 Å². The van der Waals surface area contributed by atoms with E-state index in [1.54, 1.807) is 6.07 Å². The molecule has 2 aromatic rings. The quantitative estimate of drug-likeness (QED) is 0.582. The molecule has 0 aliphatic carbocycles. The predicted octanol–water partition coefficient (Wildman–Crippen LogP) is 2.64. The highest BCUT2D eigenvalue weighted by atomic mass is 15.3. The predicted molar refractivity (Wildman–Crippen MR) is 78.7 cm³/mol. The van der Waals surface area contributed by atoms with Gasteiger partial charge in [-0.15, -0.1) is 0 Å². The van der Waals surface area contributed by atoms with Crippen LogP contribution in [-0.2, 0) is 0 Å². The monoisotopic (exact) mass is 257 g/mol. The van der Waals surface area contributed by atoms with E-state index in [4.69, 9.17) is 5.84 Å². The van der Waals surface area contributed by atoms with Crippen LogP contribution in [0.1, 0.15) is 20.8 Å². The maximum Gasteiger partial charge on any atom is 0.163 e. The van der Waals surface area contributed by atoms with Crippen LogP contribution in [0.15, 0.2) is 36.4 Å². The first-order valence-electron chi connectivity index (χ1n) is 6.17. The number of benzene rings is 1. The highest BCUT2D eigenvalue weighted by Gasteiger charge is 2.12. The molecule has 1 heterocycles. The summed E-state index contributed by atoms with van der Waals surface area (Å²) in [6, 6.07) is 11.6. The average molecular weight is 257 g/mol. The Morgan fingerprint density at radius 3 is 2.21 bits per heavy atom. The molecule has 0 amide bonds. The summed E-state index contributed by atoms with van der Waals surface area (Å²) in [5, 5.41) is 3.32. The largest absolute Gasteiger partial charge is 0.365 e. The number of hydrogen-bond donors (Lipinski definition) is 3. The van der Waals surface area contributed by atoms with Crippen LogP contribution in [0.4, 0.5) is 11.6 Å². The molecule has 4 N–H and O–H groups in total. The standard InChI is InChI=1S/C14H19N5/c1-14(2,3)18-11-9-12(19-15)17-13(16-11)10-7-5-4-6-8-10/h4-9H,15H2,1-3H3,(H2,16,17,18,19). The third-order valence-corrected chi connectivity index (χ3v) is 2.41. The number of nitrogen functional groups attached to an aromatic ring is 1. The molecule has 5 nitrogen and oxygen atoms in total. The topological polar surface area (TPSA) is 75.9 Å². The molecule has 1 aromatic carbocycles. The van der Waals surface area contributed by atoms with Crippen molar-refractivity contribution in [3.05, 3.63) is 36.4 Å². The molecular weight excluding hydrogens is 238 g/mol. The van der Waals surface area contributed by atoms with Crippen LogP contribution in [0.3, 0.4) is 0 Å². The summed E-state index contributed by atoms with van der Waals surface area (Å²) in [6.45, 7) is 6.23. The Balaban J connectivity index is 2.42. The van der Waals surface area contributed by atoms with Gasteiger partial charge in [-0.3, -0.25) is 0 Å². The van der Waals surface area contributed by atoms with Crippen molar-refractivity contribution in [3.8, 4) is 11.4 Å². The van der Waals surface area contributed by atoms with Crippen molar-refractivity contribution in [3.63, 3.8) is 0 Å². The Morgan fingerprint density at radius 2 is 1.63 bits per heavy atom. The lowest BCUT2D eigenvalue weighted by Gasteiger charge is -2.21. The number of aromatic nitrogens is 2. The van der Waals surface area contributed by atoms with Crippen LogP contribution in [0.2, 0.25) is 0 Å². The van der Waals surface area contributed by atoms with E-state index >= 15 is 0 Å². The van der Waals surface area contributed by atoms with Crippen LogP contribution >= 0.6 is 0 Å². The highest BCUT2D eigenvalue weighted by Crippen LogP contribution is 2.21. The second-order valence-electron chi connectivity index (χ2n) is 5.35. The van der Waals surface area contributed by atoms with E-state index in [1.165, 1.54) is 0 Å². The van der Waals surface area contributed by atoms with Gasteiger partial charge in [0.25, 0.3) is 0 Å². The van der Waals surface area contributed by atoms with Crippen LogP contribution in [0.25, 0.3) is 11.4 Å². The number of hydrazine groups is 1. The van der Waals surface area contributed by atoms with Crippen molar-refractivity contribution in [1.82, 2.24) is 9.97 Å². The molecule has 0 saturated carbocycles. The van der Waals surface area contributed by atoms with Gasteiger partial charge in [0.05, 0.1) is 0 Å². The fourth-order valence-electron chi connectivity index (χ4n) is 1.69.